The zero-order valence-electron chi connectivity index (χ0n) is 16.4. The van der Waals surface area contributed by atoms with Gasteiger partial charge in [0.15, 0.2) is 0 Å². The van der Waals surface area contributed by atoms with E-state index in [0.29, 0.717) is 26.2 Å². The molecule has 1 N–H and O–H groups in total. The molecule has 0 bridgehead atoms. The molecule has 3 rings (SSSR count). The largest absolute Gasteiger partial charge is 0.336 e. The Kier molecular flexibility index (Phi) is 7.32. The number of aryl methyl sites for hydroxylation is 1. The van der Waals surface area contributed by atoms with E-state index >= 15 is 0 Å². The second kappa shape index (κ2) is 9.73. The predicted octanol–water partition coefficient (Wildman–Crippen LogP) is 3.49. The molecule has 0 aromatic heterocycles. The van der Waals surface area contributed by atoms with Crippen LogP contribution in [0.5, 0.6) is 0 Å². The van der Waals surface area contributed by atoms with Crippen LogP contribution in [0.15, 0.2) is 64.0 Å². The van der Waals surface area contributed by atoms with Crippen LogP contribution in [0.25, 0.3) is 0 Å². The van der Waals surface area contributed by atoms with Crippen LogP contribution in [0, 0.1) is 0 Å². The van der Waals surface area contributed by atoms with Gasteiger partial charge in [0.1, 0.15) is 0 Å². The quantitative estimate of drug-likeness (QED) is 0.689. The maximum Gasteiger partial charge on any atom is 0.317 e. The highest BCUT2D eigenvalue weighted by molar-refractivity contribution is 9.10. The van der Waals surface area contributed by atoms with E-state index in [9.17, 15) is 13.2 Å². The summed E-state index contributed by atoms with van der Waals surface area (Å²) in [6, 6.07) is 16.8. The number of rotatable bonds is 6. The molecule has 1 heterocycles. The first-order valence-electron chi connectivity index (χ1n) is 9.71. The summed E-state index contributed by atoms with van der Waals surface area (Å²) in [5.41, 5.74) is 1.25. The number of carbonyl (C=O) groups excluding carboxylic acids is 1. The zero-order chi connectivity index (χ0) is 20.9. The molecule has 1 atom stereocenters. The number of benzene rings is 2. The molecule has 0 unspecified atom stereocenters. The van der Waals surface area contributed by atoms with Crippen LogP contribution in [0.2, 0.25) is 0 Å². The topological polar surface area (TPSA) is 69.7 Å². The van der Waals surface area contributed by atoms with E-state index in [4.69, 9.17) is 0 Å². The summed E-state index contributed by atoms with van der Waals surface area (Å²) in [6.45, 7) is 3.34. The fourth-order valence-corrected chi connectivity index (χ4v) is 5.33. The van der Waals surface area contributed by atoms with Gasteiger partial charge in [0.25, 0.3) is 0 Å². The number of hydrogen-bond donors (Lipinski definition) is 1. The van der Waals surface area contributed by atoms with Gasteiger partial charge in [0.05, 0.1) is 4.90 Å². The van der Waals surface area contributed by atoms with E-state index in [-0.39, 0.29) is 17.0 Å². The molecule has 6 nitrogen and oxygen atoms in total. The van der Waals surface area contributed by atoms with Crippen LogP contribution in [0.1, 0.15) is 18.9 Å². The summed E-state index contributed by atoms with van der Waals surface area (Å²) < 4.78 is 27.8. The van der Waals surface area contributed by atoms with E-state index in [1.54, 1.807) is 29.2 Å². The van der Waals surface area contributed by atoms with Gasteiger partial charge >= 0.3 is 6.03 Å². The Morgan fingerprint density at radius 2 is 1.76 bits per heavy atom. The molecule has 2 aromatic rings. The Morgan fingerprint density at radius 1 is 1.07 bits per heavy atom. The summed E-state index contributed by atoms with van der Waals surface area (Å²) in [4.78, 5) is 14.5. The maximum atomic E-state index is 12.8. The van der Waals surface area contributed by atoms with Gasteiger partial charge in [-0.05, 0) is 43.5 Å². The molecular formula is C21H26BrN3O3S. The number of carbonyl (C=O) groups is 1. The molecule has 2 aromatic carbocycles. The van der Waals surface area contributed by atoms with Crippen molar-refractivity contribution in [1.82, 2.24) is 14.5 Å². The van der Waals surface area contributed by atoms with Gasteiger partial charge in [0, 0.05) is 36.7 Å². The summed E-state index contributed by atoms with van der Waals surface area (Å²) in [6.07, 6.45) is 1.76. The molecule has 0 radical (unpaired) electrons. The molecule has 0 aliphatic carbocycles. The molecule has 1 aliphatic heterocycles. The van der Waals surface area contributed by atoms with Crippen LogP contribution in [-0.4, -0.2) is 55.9 Å². The summed E-state index contributed by atoms with van der Waals surface area (Å²) in [7, 11) is -3.55. The van der Waals surface area contributed by atoms with Gasteiger partial charge in [-0.2, -0.15) is 4.31 Å². The summed E-state index contributed by atoms with van der Waals surface area (Å²) >= 11 is 3.31. The number of hydrogen-bond acceptors (Lipinski definition) is 3. The van der Waals surface area contributed by atoms with Crippen LogP contribution in [0.3, 0.4) is 0 Å². The minimum absolute atomic E-state index is 0.0473. The van der Waals surface area contributed by atoms with E-state index in [2.05, 4.69) is 33.4 Å². The normalized spacial score (nSPS) is 16.4. The van der Waals surface area contributed by atoms with Crippen LogP contribution < -0.4 is 5.32 Å². The highest BCUT2D eigenvalue weighted by atomic mass is 79.9. The van der Waals surface area contributed by atoms with Crippen molar-refractivity contribution in [1.29, 1.82) is 0 Å². The van der Waals surface area contributed by atoms with Crippen molar-refractivity contribution < 1.29 is 13.2 Å². The molecular weight excluding hydrogens is 454 g/mol. The van der Waals surface area contributed by atoms with E-state index in [1.807, 2.05) is 25.1 Å². The lowest BCUT2D eigenvalue weighted by atomic mass is 10.1. The minimum atomic E-state index is -3.55. The number of sulfonamides is 1. The van der Waals surface area contributed by atoms with Crippen molar-refractivity contribution in [2.45, 2.75) is 30.7 Å². The fourth-order valence-electron chi connectivity index (χ4n) is 3.31. The molecule has 0 spiro atoms. The van der Waals surface area contributed by atoms with Crippen LogP contribution >= 0.6 is 15.9 Å². The Bertz CT molecular complexity index is 929. The number of piperazine rings is 1. The van der Waals surface area contributed by atoms with Gasteiger partial charge in [-0.3, -0.25) is 0 Å². The van der Waals surface area contributed by atoms with Gasteiger partial charge in [0.2, 0.25) is 10.0 Å². The maximum absolute atomic E-state index is 12.8. The molecule has 156 valence electrons. The smallest absolute Gasteiger partial charge is 0.317 e. The molecule has 1 fully saturated rings. The Morgan fingerprint density at radius 3 is 2.41 bits per heavy atom. The standard InChI is InChI=1S/C21H26BrN3O3S/c1-17(10-11-18-6-3-2-4-7-18)23-21(26)24-12-14-25(15-13-24)29(27,28)20-9-5-8-19(22)16-20/h2-9,16-17H,10-15H2,1H3,(H,23,26)/t17-/m1/s1. The van der Waals surface area contributed by atoms with Crippen molar-refractivity contribution in [3.05, 3.63) is 64.6 Å². The SMILES string of the molecule is C[C@H](CCc1ccccc1)NC(=O)N1CCN(S(=O)(=O)c2cccc(Br)c2)CC1. The lowest BCUT2D eigenvalue weighted by Crippen LogP contribution is -2.54. The second-order valence-electron chi connectivity index (χ2n) is 7.22. The first kappa shape index (κ1) is 21.8. The number of nitrogens with one attached hydrogen (secondary N) is 1. The minimum Gasteiger partial charge on any atom is -0.336 e. The number of halogens is 1. The zero-order valence-corrected chi connectivity index (χ0v) is 18.8. The van der Waals surface area contributed by atoms with Crippen molar-refractivity contribution in [2.24, 2.45) is 0 Å². The van der Waals surface area contributed by atoms with Crippen LogP contribution in [0.4, 0.5) is 4.79 Å². The third-order valence-corrected chi connectivity index (χ3v) is 7.43. The van der Waals surface area contributed by atoms with Gasteiger partial charge in [-0.1, -0.05) is 52.3 Å². The second-order valence-corrected chi connectivity index (χ2v) is 10.1. The average Bonchev–Trinajstić information content (AvgIpc) is 2.73. The lowest BCUT2D eigenvalue weighted by molar-refractivity contribution is 0.169. The Hall–Kier alpha value is -1.90. The van der Waals surface area contributed by atoms with E-state index < -0.39 is 10.0 Å². The van der Waals surface area contributed by atoms with Crippen molar-refractivity contribution in [3.63, 3.8) is 0 Å². The Balaban J connectivity index is 1.49. The summed E-state index contributed by atoms with van der Waals surface area (Å²) in [5, 5.41) is 3.03. The first-order valence-corrected chi connectivity index (χ1v) is 11.9. The molecule has 2 amide bonds. The highest BCUT2D eigenvalue weighted by Crippen LogP contribution is 2.21. The molecule has 0 saturated carbocycles. The Labute approximate surface area is 181 Å². The molecule has 1 aliphatic rings. The molecule has 8 heteroatoms. The lowest BCUT2D eigenvalue weighted by Gasteiger charge is -2.34. The van der Waals surface area contributed by atoms with Crippen molar-refractivity contribution >= 4 is 32.0 Å². The number of urea groups is 1. The molecule has 1 saturated heterocycles. The van der Waals surface area contributed by atoms with Gasteiger partial charge < -0.3 is 10.2 Å². The third-order valence-electron chi connectivity index (χ3n) is 5.04. The fraction of sp³-hybridized carbons (Fsp3) is 0.381. The predicted molar refractivity (Wildman–Crippen MR) is 117 cm³/mol. The summed E-state index contributed by atoms with van der Waals surface area (Å²) in [5.74, 6) is 0. The molecule has 29 heavy (non-hydrogen) atoms. The van der Waals surface area contributed by atoms with Gasteiger partial charge in [-0.25, -0.2) is 13.2 Å². The van der Waals surface area contributed by atoms with E-state index in [1.165, 1.54) is 9.87 Å². The van der Waals surface area contributed by atoms with Crippen LogP contribution in [-0.2, 0) is 16.4 Å². The third kappa shape index (κ3) is 5.81. The number of nitrogens with zero attached hydrogens (tertiary/aromatic N) is 2. The first-order chi connectivity index (χ1) is 13.9. The van der Waals surface area contributed by atoms with Crippen molar-refractivity contribution in [2.75, 3.05) is 26.2 Å². The number of amides is 2. The average molecular weight is 480 g/mol. The van der Waals surface area contributed by atoms with Crippen molar-refractivity contribution in [3.8, 4) is 0 Å². The van der Waals surface area contributed by atoms with E-state index in [0.717, 1.165) is 17.3 Å². The highest BCUT2D eigenvalue weighted by Gasteiger charge is 2.30. The van der Waals surface area contributed by atoms with Gasteiger partial charge in [-0.15, -0.1) is 0 Å². The monoisotopic (exact) mass is 479 g/mol.